The van der Waals surface area contributed by atoms with E-state index >= 15 is 0 Å². The van der Waals surface area contributed by atoms with Crippen molar-refractivity contribution >= 4 is 18.2 Å². The van der Waals surface area contributed by atoms with Crippen LogP contribution in [0.2, 0.25) is 0 Å². The summed E-state index contributed by atoms with van der Waals surface area (Å²) in [4.78, 5) is 40.6. The maximum atomic E-state index is 12.8. The molecular formula is C24H26N2O6. The molecule has 0 N–H and O–H groups in total. The zero-order valence-electron chi connectivity index (χ0n) is 17.9. The highest BCUT2D eigenvalue weighted by Gasteiger charge is 2.43. The van der Waals surface area contributed by atoms with Gasteiger partial charge in [-0.2, -0.15) is 0 Å². The van der Waals surface area contributed by atoms with E-state index in [9.17, 15) is 14.4 Å². The predicted octanol–water partition coefficient (Wildman–Crippen LogP) is 3.13. The van der Waals surface area contributed by atoms with Gasteiger partial charge in [-0.05, 0) is 23.1 Å². The summed E-state index contributed by atoms with van der Waals surface area (Å²) in [6.45, 7) is 1.20. The second kappa shape index (κ2) is 9.72. The van der Waals surface area contributed by atoms with Crippen molar-refractivity contribution in [2.24, 2.45) is 0 Å². The molecule has 0 unspecified atom stereocenters. The Morgan fingerprint density at radius 1 is 0.969 bits per heavy atom. The lowest BCUT2D eigenvalue weighted by atomic mass is 10.0. The van der Waals surface area contributed by atoms with Crippen LogP contribution in [0.4, 0.5) is 9.59 Å². The standard InChI is InChI=1S/C24H26N2O6/c1-30-22(27)21-13-20(15-26(21)24(29)31-16-17-7-3-2-4-8-17)32-23(28)25-12-11-18-9-5-6-10-19(18)14-25/h2-10,20-21H,11-16H2,1H3/t20-,21+/m0/s1. The molecule has 2 aliphatic heterocycles. The normalized spacial score (nSPS) is 19.8. The topological polar surface area (TPSA) is 85.4 Å². The highest BCUT2D eigenvalue weighted by atomic mass is 16.6. The lowest BCUT2D eigenvalue weighted by Crippen LogP contribution is -2.41. The Morgan fingerprint density at radius 2 is 1.69 bits per heavy atom. The second-order valence-corrected chi connectivity index (χ2v) is 7.91. The van der Waals surface area contributed by atoms with E-state index in [1.165, 1.54) is 17.6 Å². The zero-order valence-corrected chi connectivity index (χ0v) is 17.9. The lowest BCUT2D eigenvalue weighted by Gasteiger charge is -2.29. The van der Waals surface area contributed by atoms with Crippen molar-refractivity contribution in [3.63, 3.8) is 0 Å². The quantitative estimate of drug-likeness (QED) is 0.539. The van der Waals surface area contributed by atoms with E-state index in [0.717, 1.165) is 17.5 Å². The first-order valence-corrected chi connectivity index (χ1v) is 10.6. The molecule has 4 rings (SSSR count). The van der Waals surface area contributed by atoms with Crippen molar-refractivity contribution in [1.29, 1.82) is 0 Å². The van der Waals surface area contributed by atoms with Gasteiger partial charge in [0.05, 0.1) is 13.7 Å². The number of carbonyl (C=O) groups is 3. The van der Waals surface area contributed by atoms with Crippen LogP contribution in [0.25, 0.3) is 0 Å². The summed E-state index contributed by atoms with van der Waals surface area (Å²) < 4.78 is 15.9. The number of methoxy groups -OCH3 is 1. The summed E-state index contributed by atoms with van der Waals surface area (Å²) in [5.41, 5.74) is 3.17. The number of esters is 1. The van der Waals surface area contributed by atoms with Gasteiger partial charge in [-0.1, -0.05) is 54.6 Å². The van der Waals surface area contributed by atoms with E-state index in [2.05, 4.69) is 6.07 Å². The molecule has 0 aromatic heterocycles. The third-order valence-corrected chi connectivity index (χ3v) is 5.83. The molecule has 2 aromatic carbocycles. The number of fused-ring (bicyclic) bond motifs is 1. The molecule has 0 spiro atoms. The maximum Gasteiger partial charge on any atom is 0.410 e. The van der Waals surface area contributed by atoms with Crippen LogP contribution in [0.5, 0.6) is 0 Å². The molecule has 32 heavy (non-hydrogen) atoms. The Kier molecular flexibility index (Phi) is 6.58. The smallest absolute Gasteiger partial charge is 0.410 e. The minimum Gasteiger partial charge on any atom is -0.467 e. The van der Waals surface area contributed by atoms with Crippen LogP contribution < -0.4 is 0 Å². The molecule has 8 heteroatoms. The predicted molar refractivity (Wildman–Crippen MR) is 115 cm³/mol. The van der Waals surface area contributed by atoms with Crippen molar-refractivity contribution in [2.75, 3.05) is 20.2 Å². The van der Waals surface area contributed by atoms with Crippen LogP contribution in [0.1, 0.15) is 23.1 Å². The minimum absolute atomic E-state index is 0.0730. The molecule has 2 aliphatic rings. The van der Waals surface area contributed by atoms with Gasteiger partial charge in [-0.3, -0.25) is 4.90 Å². The van der Waals surface area contributed by atoms with E-state index in [0.29, 0.717) is 13.1 Å². The maximum absolute atomic E-state index is 12.8. The van der Waals surface area contributed by atoms with Gasteiger partial charge < -0.3 is 19.1 Å². The van der Waals surface area contributed by atoms with Gasteiger partial charge in [-0.25, -0.2) is 14.4 Å². The summed E-state index contributed by atoms with van der Waals surface area (Å²) in [6, 6.07) is 16.4. The van der Waals surface area contributed by atoms with Crippen molar-refractivity contribution in [3.8, 4) is 0 Å². The van der Waals surface area contributed by atoms with E-state index in [-0.39, 0.29) is 19.6 Å². The number of carbonyl (C=O) groups excluding carboxylic acids is 3. The van der Waals surface area contributed by atoms with Crippen molar-refractivity contribution in [2.45, 2.75) is 38.1 Å². The average molecular weight is 438 g/mol. The SMILES string of the molecule is COC(=O)[C@H]1C[C@H](OC(=O)N2CCc3ccccc3C2)CN1C(=O)OCc1ccccc1. The Labute approximate surface area is 186 Å². The van der Waals surface area contributed by atoms with E-state index in [4.69, 9.17) is 14.2 Å². The lowest BCUT2D eigenvalue weighted by molar-refractivity contribution is -0.145. The molecule has 1 fully saturated rings. The Bertz CT molecular complexity index is 979. The number of hydrogen-bond donors (Lipinski definition) is 0. The van der Waals surface area contributed by atoms with Gasteiger partial charge >= 0.3 is 18.2 Å². The fraction of sp³-hybridized carbons (Fsp3) is 0.375. The van der Waals surface area contributed by atoms with E-state index in [1.807, 2.05) is 48.5 Å². The molecule has 0 bridgehead atoms. The molecule has 2 aromatic rings. The first-order valence-electron chi connectivity index (χ1n) is 10.6. The molecule has 2 atom stereocenters. The van der Waals surface area contributed by atoms with Crippen LogP contribution >= 0.6 is 0 Å². The summed E-state index contributed by atoms with van der Waals surface area (Å²) in [5, 5.41) is 0. The van der Waals surface area contributed by atoms with Crippen LogP contribution in [-0.4, -0.2) is 60.3 Å². The van der Waals surface area contributed by atoms with Crippen LogP contribution in [0.15, 0.2) is 54.6 Å². The van der Waals surface area contributed by atoms with E-state index < -0.39 is 30.3 Å². The highest BCUT2D eigenvalue weighted by Crippen LogP contribution is 2.25. The summed E-state index contributed by atoms with van der Waals surface area (Å²) in [7, 11) is 1.26. The molecule has 8 nitrogen and oxygen atoms in total. The fourth-order valence-electron chi connectivity index (χ4n) is 4.11. The van der Waals surface area contributed by atoms with Crippen molar-refractivity contribution in [3.05, 3.63) is 71.3 Å². The number of ether oxygens (including phenoxy) is 3. The first-order chi connectivity index (χ1) is 15.5. The number of likely N-dealkylation sites (tertiary alicyclic amines) is 1. The van der Waals surface area contributed by atoms with Gasteiger partial charge in [0.15, 0.2) is 0 Å². The van der Waals surface area contributed by atoms with Gasteiger partial charge in [0.1, 0.15) is 18.8 Å². The number of nitrogens with zero attached hydrogens (tertiary/aromatic N) is 2. The molecule has 0 aliphatic carbocycles. The average Bonchev–Trinajstić information content (AvgIpc) is 3.26. The molecule has 2 amide bonds. The monoisotopic (exact) mass is 438 g/mol. The van der Waals surface area contributed by atoms with Gasteiger partial charge in [0.2, 0.25) is 0 Å². The molecule has 1 saturated heterocycles. The summed E-state index contributed by atoms with van der Waals surface area (Å²) in [6.07, 6.45) is -0.780. The third kappa shape index (κ3) is 4.85. The Morgan fingerprint density at radius 3 is 2.44 bits per heavy atom. The van der Waals surface area contributed by atoms with Crippen molar-refractivity contribution < 1.29 is 28.6 Å². The zero-order chi connectivity index (χ0) is 22.5. The number of hydrogen-bond acceptors (Lipinski definition) is 6. The second-order valence-electron chi connectivity index (χ2n) is 7.91. The largest absolute Gasteiger partial charge is 0.467 e. The van der Waals surface area contributed by atoms with Crippen LogP contribution in [0, 0.1) is 0 Å². The van der Waals surface area contributed by atoms with Gasteiger partial charge in [0.25, 0.3) is 0 Å². The first kappa shape index (κ1) is 21.7. The molecule has 0 saturated carbocycles. The minimum atomic E-state index is -0.858. The highest BCUT2D eigenvalue weighted by molar-refractivity contribution is 5.82. The molecule has 2 heterocycles. The van der Waals surface area contributed by atoms with Crippen molar-refractivity contribution in [1.82, 2.24) is 9.80 Å². The third-order valence-electron chi connectivity index (χ3n) is 5.83. The Hall–Kier alpha value is -3.55. The van der Waals surface area contributed by atoms with Gasteiger partial charge in [-0.15, -0.1) is 0 Å². The Balaban J connectivity index is 1.37. The number of benzene rings is 2. The molecule has 0 radical (unpaired) electrons. The summed E-state index contributed by atoms with van der Waals surface area (Å²) in [5.74, 6) is -0.563. The number of amides is 2. The molecular weight excluding hydrogens is 412 g/mol. The van der Waals surface area contributed by atoms with E-state index in [1.54, 1.807) is 4.90 Å². The van der Waals surface area contributed by atoms with Crippen LogP contribution in [-0.2, 0) is 38.6 Å². The van der Waals surface area contributed by atoms with Gasteiger partial charge in [0, 0.05) is 19.5 Å². The number of rotatable bonds is 4. The van der Waals surface area contributed by atoms with Crippen LogP contribution in [0.3, 0.4) is 0 Å². The summed E-state index contributed by atoms with van der Waals surface area (Å²) >= 11 is 0. The fourth-order valence-corrected chi connectivity index (χ4v) is 4.11. The molecule has 168 valence electrons.